The molecule has 1 aromatic rings. The minimum Gasteiger partial charge on any atom is -0.296 e. The van der Waals surface area contributed by atoms with Gasteiger partial charge in [-0.25, -0.2) is 4.39 Å². The van der Waals surface area contributed by atoms with E-state index in [2.05, 4.69) is 5.32 Å². The lowest BCUT2D eigenvalue weighted by Crippen LogP contribution is -2.45. The van der Waals surface area contributed by atoms with Crippen LogP contribution in [0.3, 0.4) is 0 Å². The van der Waals surface area contributed by atoms with Crippen molar-refractivity contribution in [2.24, 2.45) is 5.92 Å². The molecule has 102 valence electrons. The molecule has 3 nitrogen and oxygen atoms in total. The smallest absolute Gasteiger partial charge is 0.230 e. The van der Waals surface area contributed by atoms with Gasteiger partial charge in [-0.2, -0.15) is 0 Å². The molecule has 0 aromatic heterocycles. The van der Waals surface area contributed by atoms with E-state index in [1.54, 1.807) is 12.1 Å². The molecule has 0 saturated carbocycles. The van der Waals surface area contributed by atoms with Crippen molar-refractivity contribution in [2.45, 2.75) is 39.0 Å². The molecule has 1 fully saturated rings. The number of halogens is 1. The summed E-state index contributed by atoms with van der Waals surface area (Å²) in [6, 6.07) is 4.84. The van der Waals surface area contributed by atoms with Gasteiger partial charge in [-0.3, -0.25) is 14.9 Å². The molecule has 1 saturated heterocycles. The van der Waals surface area contributed by atoms with Crippen molar-refractivity contribution < 1.29 is 14.0 Å². The standard InChI is InChI=1S/C15H18FNO2/c1-3-4-10-11(8-14(18)17-15(10)19)12-7-9(2)5-6-13(12)16/h5-7,10-11H,3-4,8H2,1-2H3,(H,17,18,19). The Morgan fingerprint density at radius 1 is 1.37 bits per heavy atom. The Kier molecular flexibility index (Phi) is 3.98. The van der Waals surface area contributed by atoms with Crippen molar-refractivity contribution in [1.82, 2.24) is 5.32 Å². The van der Waals surface area contributed by atoms with E-state index in [9.17, 15) is 14.0 Å². The molecule has 1 N–H and O–H groups in total. The van der Waals surface area contributed by atoms with Crippen LogP contribution < -0.4 is 5.32 Å². The molecule has 0 aliphatic carbocycles. The Bertz CT molecular complexity index is 513. The number of hydrogen-bond donors (Lipinski definition) is 1. The van der Waals surface area contributed by atoms with Gasteiger partial charge in [-0.15, -0.1) is 0 Å². The van der Waals surface area contributed by atoms with Crippen LogP contribution in [0.2, 0.25) is 0 Å². The maximum Gasteiger partial charge on any atom is 0.230 e. The van der Waals surface area contributed by atoms with Gasteiger partial charge in [-0.1, -0.05) is 31.0 Å². The highest BCUT2D eigenvalue weighted by atomic mass is 19.1. The fourth-order valence-electron chi connectivity index (χ4n) is 2.72. The minimum absolute atomic E-state index is 0.177. The van der Waals surface area contributed by atoms with Gasteiger partial charge in [0.25, 0.3) is 0 Å². The van der Waals surface area contributed by atoms with Crippen LogP contribution >= 0.6 is 0 Å². The summed E-state index contributed by atoms with van der Waals surface area (Å²) in [6.07, 6.45) is 1.67. The van der Waals surface area contributed by atoms with Crippen LogP contribution in [-0.2, 0) is 9.59 Å². The van der Waals surface area contributed by atoms with E-state index in [4.69, 9.17) is 0 Å². The van der Waals surface area contributed by atoms with Crippen molar-refractivity contribution in [3.63, 3.8) is 0 Å². The number of piperidine rings is 1. The zero-order chi connectivity index (χ0) is 14.0. The van der Waals surface area contributed by atoms with Gasteiger partial charge >= 0.3 is 0 Å². The number of hydrogen-bond acceptors (Lipinski definition) is 2. The van der Waals surface area contributed by atoms with Gasteiger partial charge in [0.05, 0.1) is 0 Å². The van der Waals surface area contributed by atoms with Crippen molar-refractivity contribution >= 4 is 11.8 Å². The SMILES string of the molecule is CCCC1C(=O)NC(=O)CC1c1cc(C)ccc1F. The molecular formula is C15H18FNO2. The zero-order valence-corrected chi connectivity index (χ0v) is 11.2. The van der Waals surface area contributed by atoms with E-state index in [0.29, 0.717) is 12.0 Å². The topological polar surface area (TPSA) is 46.2 Å². The third-order valence-corrected chi connectivity index (χ3v) is 3.64. The number of aryl methyl sites for hydroxylation is 1. The van der Waals surface area contributed by atoms with E-state index in [1.165, 1.54) is 6.07 Å². The summed E-state index contributed by atoms with van der Waals surface area (Å²) in [4.78, 5) is 23.5. The monoisotopic (exact) mass is 263 g/mol. The zero-order valence-electron chi connectivity index (χ0n) is 11.2. The van der Waals surface area contributed by atoms with Crippen LogP contribution in [0.4, 0.5) is 4.39 Å². The van der Waals surface area contributed by atoms with Crippen LogP contribution in [-0.4, -0.2) is 11.8 Å². The Hall–Kier alpha value is -1.71. The number of carbonyl (C=O) groups is 2. The summed E-state index contributed by atoms with van der Waals surface area (Å²) in [7, 11) is 0. The number of nitrogens with one attached hydrogen (secondary N) is 1. The number of amides is 2. The largest absolute Gasteiger partial charge is 0.296 e. The molecule has 2 amide bonds. The lowest BCUT2D eigenvalue weighted by Gasteiger charge is -2.30. The average molecular weight is 263 g/mol. The first-order chi connectivity index (χ1) is 9.02. The van der Waals surface area contributed by atoms with Crippen LogP contribution in [0.25, 0.3) is 0 Å². The molecular weight excluding hydrogens is 245 g/mol. The highest BCUT2D eigenvalue weighted by Gasteiger charge is 2.37. The molecule has 19 heavy (non-hydrogen) atoms. The van der Waals surface area contributed by atoms with Crippen molar-refractivity contribution in [2.75, 3.05) is 0 Å². The number of benzene rings is 1. The Morgan fingerprint density at radius 3 is 2.79 bits per heavy atom. The summed E-state index contributed by atoms with van der Waals surface area (Å²) >= 11 is 0. The molecule has 2 rings (SSSR count). The van der Waals surface area contributed by atoms with Gasteiger partial charge < -0.3 is 0 Å². The van der Waals surface area contributed by atoms with Crippen molar-refractivity contribution in [3.8, 4) is 0 Å². The predicted molar refractivity (Wildman–Crippen MR) is 70.0 cm³/mol. The van der Waals surface area contributed by atoms with Crippen molar-refractivity contribution in [1.29, 1.82) is 0 Å². The molecule has 0 spiro atoms. The van der Waals surface area contributed by atoms with Gasteiger partial charge in [0, 0.05) is 18.3 Å². The number of rotatable bonds is 3. The second kappa shape index (κ2) is 5.51. The Labute approximate surface area is 112 Å². The fourth-order valence-corrected chi connectivity index (χ4v) is 2.72. The third kappa shape index (κ3) is 2.83. The first-order valence-electron chi connectivity index (χ1n) is 6.62. The Balaban J connectivity index is 2.40. The van der Waals surface area contributed by atoms with Gasteiger partial charge in [-0.05, 0) is 25.0 Å². The quantitative estimate of drug-likeness (QED) is 0.852. The molecule has 2 atom stereocenters. The van der Waals surface area contributed by atoms with Gasteiger partial charge in [0.2, 0.25) is 11.8 Å². The second-order valence-corrected chi connectivity index (χ2v) is 5.14. The van der Waals surface area contributed by atoms with Crippen LogP contribution in [0.5, 0.6) is 0 Å². The van der Waals surface area contributed by atoms with E-state index < -0.39 is 0 Å². The van der Waals surface area contributed by atoms with E-state index in [0.717, 1.165) is 12.0 Å². The highest BCUT2D eigenvalue weighted by molar-refractivity contribution is 5.99. The van der Waals surface area contributed by atoms with Crippen LogP contribution in [0, 0.1) is 18.7 Å². The van der Waals surface area contributed by atoms with E-state index in [-0.39, 0.29) is 35.9 Å². The first kappa shape index (κ1) is 13.7. The van der Waals surface area contributed by atoms with Gasteiger partial charge in [0.15, 0.2) is 0 Å². The lowest BCUT2D eigenvalue weighted by atomic mass is 9.77. The average Bonchev–Trinajstić information content (AvgIpc) is 2.35. The first-order valence-corrected chi connectivity index (χ1v) is 6.62. The third-order valence-electron chi connectivity index (χ3n) is 3.64. The Morgan fingerprint density at radius 2 is 2.11 bits per heavy atom. The lowest BCUT2D eigenvalue weighted by molar-refractivity contribution is -0.137. The van der Waals surface area contributed by atoms with E-state index in [1.807, 2.05) is 13.8 Å². The number of imide groups is 1. The number of carbonyl (C=O) groups excluding carboxylic acids is 2. The molecule has 1 heterocycles. The normalized spacial score (nSPS) is 23.3. The molecule has 4 heteroatoms. The fraction of sp³-hybridized carbons (Fsp3) is 0.467. The molecule has 0 bridgehead atoms. The second-order valence-electron chi connectivity index (χ2n) is 5.14. The summed E-state index contributed by atoms with van der Waals surface area (Å²) < 4.78 is 14.0. The summed E-state index contributed by atoms with van der Waals surface area (Å²) in [5, 5.41) is 2.35. The molecule has 2 unspecified atom stereocenters. The summed E-state index contributed by atoms with van der Waals surface area (Å²) in [6.45, 7) is 3.86. The van der Waals surface area contributed by atoms with Gasteiger partial charge in [0.1, 0.15) is 5.82 Å². The summed E-state index contributed by atoms with van der Waals surface area (Å²) in [5.74, 6) is -1.59. The maximum atomic E-state index is 14.0. The molecule has 0 radical (unpaired) electrons. The molecule has 1 aliphatic heterocycles. The summed E-state index contributed by atoms with van der Waals surface area (Å²) in [5.41, 5.74) is 1.42. The van der Waals surface area contributed by atoms with Crippen molar-refractivity contribution in [3.05, 3.63) is 35.1 Å². The highest BCUT2D eigenvalue weighted by Crippen LogP contribution is 2.35. The predicted octanol–water partition coefficient (Wildman–Crippen LogP) is 2.68. The van der Waals surface area contributed by atoms with E-state index >= 15 is 0 Å². The molecule has 1 aromatic carbocycles. The molecule has 1 aliphatic rings. The van der Waals surface area contributed by atoms with Crippen LogP contribution in [0.1, 0.15) is 43.2 Å². The maximum absolute atomic E-state index is 14.0. The minimum atomic E-state index is -0.346. The van der Waals surface area contributed by atoms with Crippen LogP contribution in [0.15, 0.2) is 18.2 Å².